The number of carbonyl (C=O) groups excluding carboxylic acids is 7. The Labute approximate surface area is 599 Å². The van der Waals surface area contributed by atoms with E-state index in [1.54, 1.807) is 12.1 Å². The van der Waals surface area contributed by atoms with Crippen LogP contribution in [-0.2, 0) is 35.3 Å². The predicted octanol–water partition coefficient (Wildman–Crippen LogP) is 10.2. The highest BCUT2D eigenvalue weighted by molar-refractivity contribution is 8.15. The lowest BCUT2D eigenvalue weighted by Gasteiger charge is -2.13. The molecular formula is C35H42N52O13S5. The van der Waals surface area contributed by atoms with Gasteiger partial charge in [0.1, 0.15) is 35.7 Å². The molecule has 0 spiro atoms. The third-order valence-corrected chi connectivity index (χ3v) is 13.4. The number of aromatic nitrogens is 3. The minimum Gasteiger partial charge on any atom is -0.480 e. The lowest BCUT2D eigenvalue weighted by molar-refractivity contribution is -0.141. The first-order valence-corrected chi connectivity index (χ1v) is 30.8. The molecule has 5 amide bonds. The minimum absolute atomic E-state index is 0.0647. The third kappa shape index (κ3) is 42.5. The summed E-state index contributed by atoms with van der Waals surface area (Å²) in [4.78, 5) is 108. The first kappa shape index (κ1) is 87.0. The van der Waals surface area contributed by atoms with Gasteiger partial charge in [0.2, 0.25) is 16.9 Å². The van der Waals surface area contributed by atoms with Crippen LogP contribution in [0, 0.1) is 11.1 Å². The van der Waals surface area contributed by atoms with Gasteiger partial charge in [0, 0.05) is 174 Å². The molecule has 2 aromatic carbocycles. The summed E-state index contributed by atoms with van der Waals surface area (Å²) in [7, 11) is 0. The molecule has 550 valence electrons. The van der Waals surface area contributed by atoms with Crippen molar-refractivity contribution in [2.24, 2.45) is 219 Å². The number of carboxylic acids is 3. The number of thiol groups is 1. The lowest BCUT2D eigenvalue weighted by atomic mass is 10.2. The van der Waals surface area contributed by atoms with Gasteiger partial charge < -0.3 is 41.9 Å². The highest BCUT2D eigenvalue weighted by Crippen LogP contribution is 2.25. The molecule has 70 heteroatoms. The Kier molecular flexibility index (Phi) is 46.2. The monoisotopic (exact) mass is 1560 g/mol. The van der Waals surface area contributed by atoms with Crippen LogP contribution in [0.25, 0.3) is 11.0 Å². The zero-order valence-electron chi connectivity index (χ0n) is 51.9. The van der Waals surface area contributed by atoms with Crippen LogP contribution in [0.15, 0.2) is 268 Å². The van der Waals surface area contributed by atoms with E-state index in [1.165, 1.54) is 24.1 Å². The van der Waals surface area contributed by atoms with Gasteiger partial charge >= 0.3 is 17.9 Å². The van der Waals surface area contributed by atoms with E-state index in [0.29, 0.717) is 28.3 Å². The predicted molar refractivity (Wildman–Crippen MR) is 339 cm³/mol. The molecule has 5 atom stereocenters. The van der Waals surface area contributed by atoms with E-state index in [0.717, 1.165) is 59.3 Å². The summed E-state index contributed by atoms with van der Waals surface area (Å²) in [6.07, 6.45) is 0. The van der Waals surface area contributed by atoms with Crippen LogP contribution in [0.5, 0.6) is 0 Å². The third-order valence-electron chi connectivity index (χ3n) is 9.37. The fourth-order valence-corrected chi connectivity index (χ4v) is 9.03. The van der Waals surface area contributed by atoms with Crippen molar-refractivity contribution >= 4 is 133 Å². The van der Waals surface area contributed by atoms with E-state index < -0.39 is 54.0 Å². The van der Waals surface area contributed by atoms with Gasteiger partial charge in [-0.05, 0) is 102 Å². The second-order valence-corrected chi connectivity index (χ2v) is 20.5. The maximum atomic E-state index is 12.1. The fourth-order valence-electron chi connectivity index (χ4n) is 5.46. The zero-order chi connectivity index (χ0) is 76.9. The molecule has 65 nitrogen and oxygen atoms in total. The zero-order valence-corrected chi connectivity index (χ0v) is 56.0. The quantitative estimate of drug-likeness (QED) is 0.0168. The number of rotatable bonds is 30. The molecule has 4 aliphatic rings. The number of para-hydroxylation sites is 1. The Morgan fingerprint density at radius 3 is 1.17 bits per heavy atom. The van der Waals surface area contributed by atoms with Crippen molar-refractivity contribution in [1.29, 1.82) is 11.1 Å². The smallest absolute Gasteiger partial charge is 0.327 e. The fraction of sp³-hybridized carbons (Fsp3) is 0.371. The van der Waals surface area contributed by atoms with Crippen LogP contribution in [0.3, 0.4) is 0 Å². The van der Waals surface area contributed by atoms with Crippen molar-refractivity contribution in [3.8, 4) is 0 Å². The topological polar surface area (TPSA) is 889 Å². The Morgan fingerprint density at radius 1 is 0.514 bits per heavy atom. The standard InChI is InChI=1S/C10H8N4O2S.C9H12N2O5S2.C7H6N2.C5H9NO3S.C4H5NO3S.H2N42/c15-9(7-5-17-10(16)11-7)14-8-4-2-1-3-6(8)12-13-14;1-4(12)10-5(7(13)14)2-17-8(15)6-3-18-9(16)11-6;1-2-4-7-6(3-1)5-8-9-7;1-3(7)6-4(2-10)5(8)9;6-3(7)2-1-9-4(8)5-2;1-3-5-7-9-11-13-15-17-19-21-23-25-27-29-31-33-35-37-39-41-42-40-38-36-34-32-30-28-26-24-22-20-18-16-14-12-10-8-6-4-2/h1-4,7H,5H2,(H,11,16);5-6H,2-3H2,1H3,(H,10,12)(H,11,16)(H,13,14);1-4H,5H2;4,10H,2H2,1H3,(H,6,7)(H,8,9);2H,1H2,(H,5,8)(H,6,7);1-2H/b;;;;;3-1?,4-2?,7-5+,8-6+,11-9+,12-10+,15-13+,16-14+,19-17+,20-18+,23-21+,24-22+,27-25+,28-26+,31-29+,32-30+,35-33+,36-34+,39-37+,40-38+,42-41+/t7-;5-,6-;;4-;2-;/m00.00./s1. The van der Waals surface area contributed by atoms with Crippen LogP contribution in [0.1, 0.15) is 24.2 Å². The highest BCUT2D eigenvalue weighted by atomic mass is 32.2. The van der Waals surface area contributed by atoms with Crippen LogP contribution < -0.4 is 26.6 Å². The highest BCUT2D eigenvalue weighted by Gasteiger charge is 2.32. The molecule has 10 N–H and O–H groups in total. The van der Waals surface area contributed by atoms with Gasteiger partial charge in [-0.1, -0.05) is 82.6 Å². The number of thioether (sulfide) groups is 4. The van der Waals surface area contributed by atoms with E-state index in [2.05, 4.69) is 275 Å². The maximum Gasteiger partial charge on any atom is 0.327 e. The molecule has 0 aliphatic carbocycles. The van der Waals surface area contributed by atoms with Gasteiger partial charge in [-0.2, -0.15) is 38.6 Å². The second-order valence-electron chi connectivity index (χ2n) is 16.2. The molecular weight excluding hydrogens is 1520 g/mol. The SMILES string of the molecule is CC(=O)N[C@@H](CS)C(=O)O.CC(=O)N[C@@H](CSC(=O)[C@@H]1CSC(=O)N1)C(=O)O.N=N/N=N/N=N/N=N/N=N/N=N/N=N/N=N/N=N/N=N/N=N/N=N/N=N/N=N/N=N/N=N/N=N/N=N/N=N/N=N/N=N.O=C1N[C@H](C(=O)O)CS1.O=C1N[C@H](C(=O)n2nnc3ccccc32)CS1.c1ccc2c(c1)CN=N2. The van der Waals surface area contributed by atoms with E-state index in [1.807, 2.05) is 30.3 Å². The van der Waals surface area contributed by atoms with Crippen LogP contribution in [0.4, 0.5) is 20.1 Å². The number of hydrogen-bond acceptors (Lipinski definition) is 21. The number of carbonyl (C=O) groups is 10. The summed E-state index contributed by atoms with van der Waals surface area (Å²) >= 11 is 7.65. The van der Waals surface area contributed by atoms with Crippen molar-refractivity contribution in [3.05, 3.63) is 54.1 Å². The summed E-state index contributed by atoms with van der Waals surface area (Å²) in [6.45, 7) is 3.23. The molecule has 0 bridgehead atoms. The molecule has 105 heavy (non-hydrogen) atoms. The number of nitrogens with zero attached hydrogens (tertiary/aromatic N) is 45. The molecule has 0 radical (unpaired) electrons. The summed E-state index contributed by atoms with van der Waals surface area (Å²) in [5, 5.41) is 169. The number of amides is 5. The number of azo groups is 1. The second kappa shape index (κ2) is 55.7. The van der Waals surface area contributed by atoms with E-state index in [4.69, 9.17) is 26.4 Å². The van der Waals surface area contributed by atoms with Crippen molar-refractivity contribution in [3.63, 3.8) is 0 Å². The minimum atomic E-state index is -1.20. The first-order chi connectivity index (χ1) is 50.8. The Bertz CT molecular complexity index is 3950. The molecule has 3 saturated heterocycles. The van der Waals surface area contributed by atoms with Gasteiger partial charge in [0.15, 0.2) is 0 Å². The first-order valence-electron chi connectivity index (χ1n) is 26.2. The number of hydrogen-bond donors (Lipinski definition) is 11. The summed E-state index contributed by atoms with van der Waals surface area (Å²) in [5.41, 5.74) is 16.1. The van der Waals surface area contributed by atoms with Gasteiger partial charge in [-0.3, -0.25) is 33.6 Å². The van der Waals surface area contributed by atoms with E-state index in [9.17, 15) is 47.9 Å². The molecule has 4 aliphatic heterocycles. The lowest BCUT2D eigenvalue weighted by Crippen LogP contribution is -2.42. The van der Waals surface area contributed by atoms with Crippen LogP contribution >= 0.6 is 59.7 Å². The summed E-state index contributed by atoms with van der Waals surface area (Å²) in [6, 6.07) is 11.5. The molecule has 7 rings (SSSR count). The van der Waals surface area contributed by atoms with Gasteiger partial charge in [-0.25, -0.2) is 14.4 Å². The largest absolute Gasteiger partial charge is 0.480 e. The maximum absolute atomic E-state index is 12.1. The van der Waals surface area contributed by atoms with E-state index in [-0.39, 0.29) is 44.2 Å². The van der Waals surface area contributed by atoms with Gasteiger partial charge in [0.25, 0.3) is 21.6 Å². The summed E-state index contributed by atoms with van der Waals surface area (Å²) < 4.78 is 1.24. The average molecular weight is 1560 g/mol. The van der Waals surface area contributed by atoms with Crippen LogP contribution in [0.2, 0.25) is 0 Å². The number of fused-ring (bicyclic) bond motifs is 2. The molecule has 1 aromatic heterocycles. The van der Waals surface area contributed by atoms with Gasteiger partial charge in [0.05, 0.1) is 17.7 Å². The Hall–Kier alpha value is -14.1. The number of aliphatic carboxylic acids is 3. The van der Waals surface area contributed by atoms with Crippen molar-refractivity contribution in [2.45, 2.75) is 50.6 Å². The Balaban J connectivity index is 0.000000483. The summed E-state index contributed by atoms with van der Waals surface area (Å²) in [5.74, 6) is -3.14. The average Bonchev–Trinajstić information content (AvgIpc) is 1.67. The van der Waals surface area contributed by atoms with E-state index >= 15 is 0 Å². The number of carboxylic acid groups (broad SMARTS) is 3. The van der Waals surface area contributed by atoms with Crippen molar-refractivity contribution in [2.75, 3.05) is 28.8 Å². The van der Waals surface area contributed by atoms with Crippen molar-refractivity contribution in [1.82, 2.24) is 41.6 Å². The molecule has 5 heterocycles. The van der Waals surface area contributed by atoms with Crippen LogP contribution in [-0.4, -0.2) is 146 Å². The normalized spacial score (nSPS) is 17.1. The number of benzene rings is 2. The number of nitrogens with one attached hydrogen (secondary N) is 7. The molecule has 0 unspecified atom stereocenters. The van der Waals surface area contributed by atoms with Crippen molar-refractivity contribution < 1.29 is 63.3 Å². The van der Waals surface area contributed by atoms with Gasteiger partial charge in [-0.15, -0.1) is 5.10 Å². The Morgan fingerprint density at radius 2 is 0.857 bits per heavy atom. The molecule has 3 aromatic rings. The molecule has 0 saturated carbocycles. The molecule has 3 fully saturated rings.